The van der Waals surface area contributed by atoms with Gasteiger partial charge in [-0.25, -0.2) is 4.79 Å². The fourth-order valence-corrected chi connectivity index (χ4v) is 4.54. The average molecular weight is 443 g/mol. The molecule has 2 aromatic rings. The van der Waals surface area contributed by atoms with Crippen molar-refractivity contribution in [1.82, 2.24) is 10.2 Å². The van der Waals surface area contributed by atoms with Crippen LogP contribution in [0.2, 0.25) is 0 Å². The number of piperidine rings is 1. The second kappa shape index (κ2) is 8.76. The van der Waals surface area contributed by atoms with Crippen LogP contribution in [0.3, 0.4) is 0 Å². The number of hydrogen-bond acceptors (Lipinski definition) is 3. The van der Waals surface area contributed by atoms with Gasteiger partial charge in [0.1, 0.15) is 0 Å². The van der Waals surface area contributed by atoms with E-state index >= 15 is 0 Å². The summed E-state index contributed by atoms with van der Waals surface area (Å²) in [5.74, 6) is 0.553. The number of hydrogen-bond donors (Lipinski definition) is 2. The number of carboxylic acid groups (broad SMARTS) is 1. The first kappa shape index (κ1) is 19.6. The Bertz CT molecular complexity index is 816. The molecule has 2 aliphatic rings. The molecule has 2 atom stereocenters. The van der Waals surface area contributed by atoms with Gasteiger partial charge in [-0.15, -0.1) is 0 Å². The topological polar surface area (TPSA) is 52.6 Å². The minimum atomic E-state index is -0.834. The molecule has 0 radical (unpaired) electrons. The number of carbonyl (C=O) groups is 1. The predicted molar refractivity (Wildman–Crippen MR) is 115 cm³/mol. The van der Waals surface area contributed by atoms with Crippen LogP contribution in [-0.2, 0) is 6.54 Å². The van der Waals surface area contributed by atoms with Crippen molar-refractivity contribution in [3.8, 4) is 0 Å². The van der Waals surface area contributed by atoms with Crippen LogP contribution in [0.15, 0.2) is 53.0 Å². The quantitative estimate of drug-likeness (QED) is 0.662. The van der Waals surface area contributed by atoms with E-state index in [4.69, 9.17) is 0 Å². The molecule has 1 heterocycles. The number of rotatable bonds is 7. The largest absolute Gasteiger partial charge is 0.478 e. The minimum absolute atomic E-state index is 0.430. The fourth-order valence-electron chi connectivity index (χ4n) is 4.27. The lowest BCUT2D eigenvalue weighted by Crippen LogP contribution is -2.37. The van der Waals surface area contributed by atoms with Gasteiger partial charge in [0.05, 0.1) is 5.56 Å². The van der Waals surface area contributed by atoms with Crippen molar-refractivity contribution in [3.63, 3.8) is 0 Å². The highest BCUT2D eigenvalue weighted by atomic mass is 79.9. The highest BCUT2D eigenvalue weighted by molar-refractivity contribution is 9.10. The first-order valence-corrected chi connectivity index (χ1v) is 10.9. The highest BCUT2D eigenvalue weighted by Gasteiger charge is 2.38. The Hall–Kier alpha value is -1.69. The summed E-state index contributed by atoms with van der Waals surface area (Å²) in [6.45, 7) is 3.91. The van der Waals surface area contributed by atoms with Crippen LogP contribution in [0.25, 0.3) is 0 Å². The van der Waals surface area contributed by atoms with Crippen molar-refractivity contribution >= 4 is 21.9 Å². The number of carboxylic acids is 1. The number of nitrogens with one attached hydrogen (secondary N) is 1. The molecule has 4 rings (SSSR count). The molecule has 0 amide bonds. The first-order valence-electron chi connectivity index (χ1n) is 10.1. The minimum Gasteiger partial charge on any atom is -0.478 e. The Labute approximate surface area is 175 Å². The Morgan fingerprint density at radius 2 is 1.82 bits per heavy atom. The molecule has 2 fully saturated rings. The van der Waals surface area contributed by atoms with E-state index in [-0.39, 0.29) is 0 Å². The van der Waals surface area contributed by atoms with Crippen molar-refractivity contribution in [2.45, 2.75) is 37.8 Å². The summed E-state index contributed by atoms with van der Waals surface area (Å²) in [6, 6.07) is 16.7. The Morgan fingerprint density at radius 1 is 1.11 bits per heavy atom. The molecule has 28 heavy (non-hydrogen) atoms. The lowest BCUT2D eigenvalue weighted by atomic mass is 9.96. The van der Waals surface area contributed by atoms with Crippen LogP contribution in [0.4, 0.5) is 0 Å². The molecule has 4 nitrogen and oxygen atoms in total. The van der Waals surface area contributed by atoms with Gasteiger partial charge in [0, 0.05) is 23.0 Å². The zero-order chi connectivity index (χ0) is 19.5. The van der Waals surface area contributed by atoms with E-state index < -0.39 is 5.97 Å². The monoisotopic (exact) mass is 442 g/mol. The standard InChI is InChI=1S/C23H27BrN2O2/c24-19-7-5-17(6-8-19)21-13-22(21)25-14-16-9-11-26(12-10-16)15-18-3-1-2-4-20(18)23(27)28/h1-8,16,21-22,25H,9-15H2,(H,27,28)/t21-,22+/m0/s1. The SMILES string of the molecule is O=C(O)c1ccccc1CN1CCC(CN[C@@H]2C[C@H]2c2ccc(Br)cc2)CC1. The molecule has 2 aromatic carbocycles. The zero-order valence-corrected chi connectivity index (χ0v) is 17.6. The average Bonchev–Trinajstić information content (AvgIpc) is 3.48. The summed E-state index contributed by atoms with van der Waals surface area (Å²) in [5.41, 5.74) is 2.79. The summed E-state index contributed by atoms with van der Waals surface area (Å²) in [6.07, 6.45) is 3.60. The third-order valence-electron chi connectivity index (χ3n) is 6.11. The Kier molecular flexibility index (Phi) is 6.14. The molecule has 1 saturated carbocycles. The second-order valence-electron chi connectivity index (χ2n) is 8.09. The first-order chi connectivity index (χ1) is 13.6. The van der Waals surface area contributed by atoms with Crippen molar-refractivity contribution in [2.75, 3.05) is 19.6 Å². The van der Waals surface area contributed by atoms with E-state index in [0.29, 0.717) is 17.5 Å². The molecule has 1 aliphatic heterocycles. The van der Waals surface area contributed by atoms with E-state index in [1.54, 1.807) is 12.1 Å². The summed E-state index contributed by atoms with van der Waals surface area (Å²) < 4.78 is 1.14. The van der Waals surface area contributed by atoms with Crippen molar-refractivity contribution in [1.29, 1.82) is 0 Å². The molecular weight excluding hydrogens is 416 g/mol. The van der Waals surface area contributed by atoms with Gasteiger partial charge in [0.25, 0.3) is 0 Å². The molecular formula is C23H27BrN2O2. The molecule has 5 heteroatoms. The van der Waals surface area contributed by atoms with E-state index in [2.05, 4.69) is 50.4 Å². The van der Waals surface area contributed by atoms with Crippen LogP contribution in [0.5, 0.6) is 0 Å². The molecule has 0 aromatic heterocycles. The lowest BCUT2D eigenvalue weighted by molar-refractivity contribution is 0.0693. The zero-order valence-electron chi connectivity index (χ0n) is 16.0. The summed E-state index contributed by atoms with van der Waals surface area (Å²) in [5, 5.41) is 13.1. The smallest absolute Gasteiger partial charge is 0.336 e. The van der Waals surface area contributed by atoms with Gasteiger partial charge < -0.3 is 10.4 Å². The van der Waals surface area contributed by atoms with Gasteiger partial charge in [0.2, 0.25) is 0 Å². The third kappa shape index (κ3) is 4.83. The van der Waals surface area contributed by atoms with E-state index in [9.17, 15) is 9.90 Å². The third-order valence-corrected chi connectivity index (χ3v) is 6.63. The summed E-state index contributed by atoms with van der Waals surface area (Å²) >= 11 is 3.50. The van der Waals surface area contributed by atoms with E-state index in [1.165, 1.54) is 24.8 Å². The highest BCUT2D eigenvalue weighted by Crippen LogP contribution is 2.41. The normalized spacial score (nSPS) is 22.9. The van der Waals surface area contributed by atoms with E-state index in [0.717, 1.165) is 42.1 Å². The Morgan fingerprint density at radius 3 is 2.54 bits per heavy atom. The van der Waals surface area contributed by atoms with Gasteiger partial charge in [-0.05, 0) is 74.1 Å². The van der Waals surface area contributed by atoms with Crippen LogP contribution in [0, 0.1) is 5.92 Å². The molecule has 148 valence electrons. The second-order valence-corrected chi connectivity index (χ2v) is 9.01. The summed E-state index contributed by atoms with van der Waals surface area (Å²) in [7, 11) is 0. The number of halogens is 1. The van der Waals surface area contributed by atoms with Crippen molar-refractivity contribution in [3.05, 3.63) is 69.7 Å². The van der Waals surface area contributed by atoms with Gasteiger partial charge in [-0.1, -0.05) is 46.3 Å². The lowest BCUT2D eigenvalue weighted by Gasteiger charge is -2.32. The molecule has 0 unspecified atom stereocenters. The van der Waals surface area contributed by atoms with Gasteiger partial charge in [0.15, 0.2) is 0 Å². The van der Waals surface area contributed by atoms with Crippen LogP contribution in [-0.4, -0.2) is 41.7 Å². The predicted octanol–water partition coefficient (Wildman–Crippen LogP) is 4.51. The number of aromatic carboxylic acids is 1. The van der Waals surface area contributed by atoms with Gasteiger partial charge >= 0.3 is 5.97 Å². The van der Waals surface area contributed by atoms with Crippen molar-refractivity contribution < 1.29 is 9.90 Å². The Balaban J connectivity index is 1.20. The van der Waals surface area contributed by atoms with Gasteiger partial charge in [-0.3, -0.25) is 4.90 Å². The van der Waals surface area contributed by atoms with E-state index in [1.807, 2.05) is 12.1 Å². The molecule has 0 spiro atoms. The van der Waals surface area contributed by atoms with Gasteiger partial charge in [-0.2, -0.15) is 0 Å². The number of nitrogens with zero attached hydrogens (tertiary/aromatic N) is 1. The van der Waals surface area contributed by atoms with Crippen LogP contribution < -0.4 is 5.32 Å². The summed E-state index contributed by atoms with van der Waals surface area (Å²) in [4.78, 5) is 13.8. The van der Waals surface area contributed by atoms with Crippen LogP contribution in [0.1, 0.15) is 46.7 Å². The van der Waals surface area contributed by atoms with Crippen LogP contribution >= 0.6 is 15.9 Å². The maximum atomic E-state index is 11.4. The molecule has 2 N–H and O–H groups in total. The molecule has 0 bridgehead atoms. The molecule has 1 saturated heterocycles. The maximum absolute atomic E-state index is 11.4. The fraction of sp³-hybridized carbons (Fsp3) is 0.435. The van der Waals surface area contributed by atoms with Crippen molar-refractivity contribution in [2.24, 2.45) is 5.92 Å². The maximum Gasteiger partial charge on any atom is 0.336 e. The number of likely N-dealkylation sites (tertiary alicyclic amines) is 1. The molecule has 1 aliphatic carbocycles. The number of benzene rings is 2.